The lowest BCUT2D eigenvalue weighted by molar-refractivity contribution is -0.121. The summed E-state index contributed by atoms with van der Waals surface area (Å²) >= 11 is 0. The highest BCUT2D eigenvalue weighted by Gasteiger charge is 2.38. The van der Waals surface area contributed by atoms with Gasteiger partial charge < -0.3 is 11.5 Å². The molecule has 0 radical (unpaired) electrons. The van der Waals surface area contributed by atoms with Crippen LogP contribution in [-0.2, 0) is 10.2 Å². The molecule has 24 heavy (non-hydrogen) atoms. The van der Waals surface area contributed by atoms with Crippen LogP contribution >= 0.6 is 0 Å². The van der Waals surface area contributed by atoms with E-state index in [1.165, 1.54) is 0 Å². The number of nitrogens with two attached hydrogens (primary N) is 2. The fraction of sp³-hybridized carbons (Fsp3) is 0.105. The lowest BCUT2D eigenvalue weighted by atomic mass is 9.72. The van der Waals surface area contributed by atoms with E-state index >= 15 is 0 Å². The van der Waals surface area contributed by atoms with E-state index < -0.39 is 17.2 Å². The Hall–Kier alpha value is -3.21. The van der Waals surface area contributed by atoms with Gasteiger partial charge in [0.15, 0.2) is 0 Å². The third-order valence-corrected chi connectivity index (χ3v) is 4.30. The highest BCUT2D eigenvalue weighted by molar-refractivity contribution is 5.94. The molecule has 3 rings (SSSR count). The van der Waals surface area contributed by atoms with Gasteiger partial charge in [-0.05, 0) is 41.3 Å². The zero-order valence-corrected chi connectivity index (χ0v) is 13.0. The zero-order valence-electron chi connectivity index (χ0n) is 13.0. The van der Waals surface area contributed by atoms with Crippen LogP contribution in [0.25, 0.3) is 5.57 Å². The Morgan fingerprint density at radius 2 is 1.83 bits per heavy atom. The van der Waals surface area contributed by atoms with Crippen LogP contribution in [-0.4, -0.2) is 16.8 Å². The summed E-state index contributed by atoms with van der Waals surface area (Å²) in [6.45, 7) is 0. The van der Waals surface area contributed by atoms with Crippen molar-refractivity contribution in [2.75, 3.05) is 0 Å². The smallest absolute Gasteiger partial charge is 0.248 e. The van der Waals surface area contributed by atoms with Crippen molar-refractivity contribution in [2.24, 2.45) is 11.5 Å². The van der Waals surface area contributed by atoms with E-state index in [2.05, 4.69) is 4.98 Å². The number of primary amides is 2. The second-order valence-electron chi connectivity index (χ2n) is 5.75. The van der Waals surface area contributed by atoms with Crippen molar-refractivity contribution in [1.29, 1.82) is 0 Å². The van der Waals surface area contributed by atoms with Gasteiger partial charge in [-0.1, -0.05) is 36.4 Å². The van der Waals surface area contributed by atoms with Crippen molar-refractivity contribution in [2.45, 2.75) is 11.8 Å². The van der Waals surface area contributed by atoms with Gasteiger partial charge in [-0.25, -0.2) is 0 Å². The Morgan fingerprint density at radius 1 is 1.08 bits per heavy atom. The number of allylic oxidation sites excluding steroid dienone is 3. The van der Waals surface area contributed by atoms with E-state index in [1.54, 1.807) is 30.6 Å². The van der Waals surface area contributed by atoms with Crippen LogP contribution in [0.4, 0.5) is 0 Å². The molecule has 5 heteroatoms. The average molecular weight is 319 g/mol. The number of rotatable bonds is 4. The summed E-state index contributed by atoms with van der Waals surface area (Å²) in [7, 11) is 0. The summed E-state index contributed by atoms with van der Waals surface area (Å²) < 4.78 is 0. The molecular weight excluding hydrogens is 302 g/mol. The topological polar surface area (TPSA) is 99.1 Å². The second-order valence-corrected chi connectivity index (χ2v) is 5.75. The number of hydrogen-bond donors (Lipinski definition) is 2. The molecule has 1 aliphatic carbocycles. The molecule has 0 spiro atoms. The Kier molecular flexibility index (Phi) is 4.00. The first kappa shape index (κ1) is 15.7. The normalized spacial score (nSPS) is 19.6. The standard InChI is InChI=1S/C19H17N3O2/c20-17(23)14-7-5-13(6-8-14)15-3-1-9-19(11-15,18(21)24)16-4-2-10-22-12-16/h1-10,12H,11H2,(H2,20,23)(H2,21,24). The minimum atomic E-state index is -0.930. The van der Waals surface area contributed by atoms with Gasteiger partial charge in [-0.2, -0.15) is 0 Å². The molecule has 0 aliphatic heterocycles. The first-order chi connectivity index (χ1) is 11.5. The van der Waals surface area contributed by atoms with Crippen LogP contribution in [0.15, 0.2) is 67.0 Å². The molecule has 120 valence electrons. The van der Waals surface area contributed by atoms with Crippen LogP contribution in [0.1, 0.15) is 27.9 Å². The maximum atomic E-state index is 12.3. The van der Waals surface area contributed by atoms with Gasteiger partial charge in [0, 0.05) is 18.0 Å². The highest BCUT2D eigenvalue weighted by Crippen LogP contribution is 2.38. The minimum Gasteiger partial charge on any atom is -0.369 e. The largest absolute Gasteiger partial charge is 0.369 e. The molecule has 1 atom stereocenters. The van der Waals surface area contributed by atoms with E-state index in [0.717, 1.165) is 16.7 Å². The van der Waals surface area contributed by atoms with Gasteiger partial charge in [0.05, 0.1) is 5.41 Å². The molecule has 2 amide bonds. The molecule has 0 saturated carbocycles. The fourth-order valence-corrected chi connectivity index (χ4v) is 2.93. The van der Waals surface area contributed by atoms with Gasteiger partial charge in [0.1, 0.15) is 0 Å². The van der Waals surface area contributed by atoms with Crippen molar-refractivity contribution in [3.63, 3.8) is 0 Å². The van der Waals surface area contributed by atoms with E-state index in [9.17, 15) is 9.59 Å². The van der Waals surface area contributed by atoms with E-state index in [-0.39, 0.29) is 0 Å². The number of aromatic nitrogens is 1. The first-order valence-corrected chi connectivity index (χ1v) is 7.52. The lowest BCUT2D eigenvalue weighted by Crippen LogP contribution is -2.40. The maximum Gasteiger partial charge on any atom is 0.248 e. The third-order valence-electron chi connectivity index (χ3n) is 4.30. The Labute approximate surface area is 139 Å². The lowest BCUT2D eigenvalue weighted by Gasteiger charge is -2.31. The molecule has 4 N–H and O–H groups in total. The SMILES string of the molecule is NC(=O)c1ccc(C2=CC=CC(C(N)=O)(c3cccnc3)C2)cc1. The summed E-state index contributed by atoms with van der Waals surface area (Å²) in [6, 6.07) is 10.6. The predicted octanol–water partition coefficient (Wildman–Crippen LogP) is 1.95. The number of amides is 2. The van der Waals surface area contributed by atoms with Gasteiger partial charge >= 0.3 is 0 Å². The number of nitrogens with zero attached hydrogens (tertiary/aromatic N) is 1. The van der Waals surface area contributed by atoms with E-state index in [1.807, 2.05) is 36.4 Å². The summed E-state index contributed by atoms with van der Waals surface area (Å²) in [5.74, 6) is -0.896. The number of pyridine rings is 1. The Morgan fingerprint density at radius 3 is 2.42 bits per heavy atom. The molecule has 0 bridgehead atoms. The van der Waals surface area contributed by atoms with Crippen LogP contribution in [0.5, 0.6) is 0 Å². The molecule has 1 aromatic heterocycles. The van der Waals surface area contributed by atoms with Gasteiger partial charge in [0.2, 0.25) is 11.8 Å². The number of hydrogen-bond acceptors (Lipinski definition) is 3. The summed E-state index contributed by atoms with van der Waals surface area (Å²) in [6.07, 6.45) is 9.34. The van der Waals surface area contributed by atoms with Crippen LogP contribution < -0.4 is 11.5 Å². The van der Waals surface area contributed by atoms with Gasteiger partial charge in [0.25, 0.3) is 0 Å². The average Bonchev–Trinajstić information content (AvgIpc) is 2.62. The second kappa shape index (κ2) is 6.12. The van der Waals surface area contributed by atoms with Crippen molar-refractivity contribution in [3.05, 3.63) is 83.7 Å². The monoisotopic (exact) mass is 319 g/mol. The zero-order chi connectivity index (χ0) is 17.2. The molecular formula is C19H17N3O2. The number of carbonyl (C=O) groups excluding carboxylic acids is 2. The van der Waals surface area contributed by atoms with Crippen LogP contribution in [0, 0.1) is 0 Å². The van der Waals surface area contributed by atoms with Crippen LogP contribution in [0.2, 0.25) is 0 Å². The molecule has 2 aromatic rings. The van der Waals surface area contributed by atoms with Gasteiger partial charge in [-0.15, -0.1) is 0 Å². The number of carbonyl (C=O) groups is 2. The summed E-state index contributed by atoms with van der Waals surface area (Å²) in [5.41, 5.74) is 13.1. The quantitative estimate of drug-likeness (QED) is 0.901. The van der Waals surface area contributed by atoms with Crippen molar-refractivity contribution < 1.29 is 9.59 Å². The minimum absolute atomic E-state index is 0.425. The van der Waals surface area contributed by atoms with E-state index in [0.29, 0.717) is 12.0 Å². The molecule has 0 saturated heterocycles. The molecule has 1 unspecified atom stereocenters. The van der Waals surface area contributed by atoms with Crippen molar-refractivity contribution >= 4 is 17.4 Å². The Bertz CT molecular complexity index is 839. The summed E-state index contributed by atoms with van der Waals surface area (Å²) in [4.78, 5) is 27.5. The first-order valence-electron chi connectivity index (χ1n) is 7.52. The third kappa shape index (κ3) is 2.72. The predicted molar refractivity (Wildman–Crippen MR) is 91.8 cm³/mol. The Balaban J connectivity index is 1.98. The van der Waals surface area contributed by atoms with Gasteiger partial charge in [-0.3, -0.25) is 14.6 Å². The fourth-order valence-electron chi connectivity index (χ4n) is 2.93. The number of benzene rings is 1. The molecule has 1 aliphatic rings. The van der Waals surface area contributed by atoms with Crippen molar-refractivity contribution in [1.82, 2.24) is 4.98 Å². The van der Waals surface area contributed by atoms with Crippen LogP contribution in [0.3, 0.4) is 0 Å². The summed E-state index contributed by atoms with van der Waals surface area (Å²) in [5, 5.41) is 0. The molecule has 5 nitrogen and oxygen atoms in total. The molecule has 0 fully saturated rings. The van der Waals surface area contributed by atoms with E-state index in [4.69, 9.17) is 11.5 Å². The van der Waals surface area contributed by atoms with Crippen molar-refractivity contribution in [3.8, 4) is 0 Å². The maximum absolute atomic E-state index is 12.3. The molecule has 1 heterocycles. The molecule has 1 aromatic carbocycles. The highest BCUT2D eigenvalue weighted by atomic mass is 16.1.